The minimum Gasteiger partial charge on any atom is -0.132 e. The van der Waals surface area contributed by atoms with Gasteiger partial charge in [-0.1, -0.05) is 37.6 Å². The van der Waals surface area contributed by atoms with Gasteiger partial charge in [0, 0.05) is 5.41 Å². The van der Waals surface area contributed by atoms with Gasteiger partial charge in [0.05, 0.1) is 0 Å². The van der Waals surface area contributed by atoms with Crippen LogP contribution in [0.15, 0.2) is 35.2 Å². The van der Waals surface area contributed by atoms with Crippen molar-refractivity contribution in [2.75, 3.05) is 0 Å². The highest BCUT2D eigenvalue weighted by molar-refractivity contribution is 7.31. The molecular formula is C13H17P. The molecule has 0 bridgehead atoms. The summed E-state index contributed by atoms with van der Waals surface area (Å²) in [4.78, 5) is 0. The van der Waals surface area contributed by atoms with Crippen LogP contribution in [0, 0.1) is 5.41 Å². The van der Waals surface area contributed by atoms with Gasteiger partial charge in [0.1, 0.15) is 0 Å². The Morgan fingerprint density at radius 1 is 1.21 bits per heavy atom. The molecule has 1 atom stereocenters. The average Bonchev–Trinajstić information content (AvgIpc) is 2.69. The zero-order chi connectivity index (χ0) is 10.3. The topological polar surface area (TPSA) is 0 Å². The lowest BCUT2D eigenvalue weighted by molar-refractivity contribution is 0.589. The van der Waals surface area contributed by atoms with E-state index < -0.39 is 0 Å². The molecule has 14 heavy (non-hydrogen) atoms. The van der Waals surface area contributed by atoms with E-state index in [1.807, 2.05) is 0 Å². The highest BCUT2D eigenvalue weighted by Gasteiger charge is 2.27. The van der Waals surface area contributed by atoms with Crippen LogP contribution in [-0.4, -0.2) is 0 Å². The van der Waals surface area contributed by atoms with Crippen LogP contribution in [0.3, 0.4) is 0 Å². The predicted octanol–water partition coefficient (Wildman–Crippen LogP) is 4.48. The van der Waals surface area contributed by atoms with Crippen LogP contribution in [-0.2, 0) is 0 Å². The van der Waals surface area contributed by atoms with Crippen molar-refractivity contribution in [2.45, 2.75) is 27.7 Å². The predicted molar refractivity (Wildman–Crippen MR) is 66.1 cm³/mol. The monoisotopic (exact) mass is 204 g/mol. The summed E-state index contributed by atoms with van der Waals surface area (Å²) in [6.07, 6.45) is 2.42. The van der Waals surface area contributed by atoms with Crippen LogP contribution in [0.25, 0.3) is 5.57 Å². The molecule has 2 rings (SSSR count). The number of rotatable bonds is 1. The molecule has 1 heterocycles. The summed E-state index contributed by atoms with van der Waals surface area (Å²) >= 11 is 0. The fraction of sp³-hybridized carbons (Fsp3) is 0.385. The van der Waals surface area contributed by atoms with Crippen molar-refractivity contribution in [2.24, 2.45) is 5.41 Å². The highest BCUT2D eigenvalue weighted by atomic mass is 31.0. The largest absolute Gasteiger partial charge is 0.132 e. The third-order valence-electron chi connectivity index (χ3n) is 3.33. The number of hydrogen-bond donors (Lipinski definition) is 0. The van der Waals surface area contributed by atoms with Crippen LogP contribution in [0.5, 0.6) is 0 Å². The molecule has 0 saturated heterocycles. The summed E-state index contributed by atoms with van der Waals surface area (Å²) in [6.45, 7) is 9.10. The third-order valence-corrected chi connectivity index (χ3v) is 4.43. The number of hydrogen-bond acceptors (Lipinski definition) is 0. The van der Waals surface area contributed by atoms with E-state index in [9.17, 15) is 0 Å². The SMILES string of the molecule is CC1=C(C)C(C)(C)C=C1c1ccc[pH]1. The van der Waals surface area contributed by atoms with E-state index in [1.54, 1.807) is 0 Å². The maximum atomic E-state index is 2.42. The summed E-state index contributed by atoms with van der Waals surface area (Å²) in [5.74, 6) is 2.25. The third kappa shape index (κ3) is 1.38. The first-order chi connectivity index (χ1) is 6.52. The van der Waals surface area contributed by atoms with Gasteiger partial charge in [-0.25, -0.2) is 0 Å². The molecule has 0 N–H and O–H groups in total. The van der Waals surface area contributed by atoms with Crippen molar-refractivity contribution in [3.05, 3.63) is 40.4 Å². The summed E-state index contributed by atoms with van der Waals surface area (Å²) < 4.78 is 0. The molecule has 1 aliphatic rings. The molecular weight excluding hydrogens is 187 g/mol. The Labute approximate surface area is 87.8 Å². The number of allylic oxidation sites excluding steroid dienone is 4. The normalized spacial score (nSPS) is 20.7. The molecule has 0 nitrogen and oxygen atoms in total. The molecule has 1 aromatic heterocycles. The van der Waals surface area contributed by atoms with E-state index in [4.69, 9.17) is 0 Å². The second-order valence-corrected chi connectivity index (χ2v) is 5.77. The lowest BCUT2D eigenvalue weighted by Gasteiger charge is -2.17. The first-order valence-corrected chi connectivity index (χ1v) is 6.15. The Morgan fingerprint density at radius 2 is 1.93 bits per heavy atom. The molecule has 0 amide bonds. The quantitative estimate of drug-likeness (QED) is 0.632. The molecule has 1 heteroatoms. The molecule has 0 spiro atoms. The lowest BCUT2D eigenvalue weighted by atomic mass is 9.88. The molecule has 1 aliphatic carbocycles. The Bertz CT molecular complexity index is 402. The summed E-state index contributed by atoms with van der Waals surface area (Å²) in [7, 11) is 0.864. The van der Waals surface area contributed by atoms with Gasteiger partial charge in [-0.05, 0) is 36.1 Å². The summed E-state index contributed by atoms with van der Waals surface area (Å²) in [6, 6.07) is 4.42. The Morgan fingerprint density at radius 3 is 2.36 bits per heavy atom. The molecule has 1 unspecified atom stereocenters. The Hall–Kier alpha value is -0.740. The smallest absolute Gasteiger partial charge is 0.00468 e. The summed E-state index contributed by atoms with van der Waals surface area (Å²) in [5, 5.41) is 1.51. The zero-order valence-electron chi connectivity index (χ0n) is 9.31. The first kappa shape index (κ1) is 9.80. The second kappa shape index (κ2) is 3.14. The van der Waals surface area contributed by atoms with Gasteiger partial charge < -0.3 is 0 Å². The van der Waals surface area contributed by atoms with Crippen LogP contribution in [0.4, 0.5) is 0 Å². The molecule has 1 aromatic rings. The van der Waals surface area contributed by atoms with Crippen LogP contribution >= 0.6 is 8.19 Å². The van der Waals surface area contributed by atoms with Gasteiger partial charge >= 0.3 is 0 Å². The standard InChI is InChI=1S/C13H17P/c1-9-10(2)13(3,4)8-11(9)12-6-5-7-14-12/h5-8,14H,1-4H3. The van der Waals surface area contributed by atoms with E-state index in [0.29, 0.717) is 0 Å². The van der Waals surface area contributed by atoms with Gasteiger partial charge in [-0.2, -0.15) is 0 Å². The fourth-order valence-electron chi connectivity index (χ4n) is 2.04. The van der Waals surface area contributed by atoms with Gasteiger partial charge in [-0.3, -0.25) is 0 Å². The van der Waals surface area contributed by atoms with Gasteiger partial charge in [-0.15, -0.1) is 8.19 Å². The Kier molecular flexibility index (Phi) is 2.20. The summed E-state index contributed by atoms with van der Waals surface area (Å²) in [5.41, 5.74) is 4.74. The average molecular weight is 204 g/mol. The van der Waals surface area contributed by atoms with E-state index in [0.717, 1.165) is 8.19 Å². The molecule has 0 aromatic carbocycles. The second-order valence-electron chi connectivity index (χ2n) is 4.61. The fourth-order valence-corrected chi connectivity index (χ4v) is 3.02. The molecule has 0 saturated carbocycles. The van der Waals surface area contributed by atoms with Crippen LogP contribution in [0.1, 0.15) is 33.0 Å². The first-order valence-electron chi connectivity index (χ1n) is 5.07. The van der Waals surface area contributed by atoms with E-state index in [-0.39, 0.29) is 5.41 Å². The Balaban J connectivity index is 2.51. The van der Waals surface area contributed by atoms with E-state index in [2.05, 4.69) is 51.7 Å². The maximum absolute atomic E-state index is 2.42. The van der Waals surface area contributed by atoms with Crippen molar-refractivity contribution in [1.29, 1.82) is 0 Å². The van der Waals surface area contributed by atoms with Crippen molar-refractivity contribution in [1.82, 2.24) is 0 Å². The highest BCUT2D eigenvalue weighted by Crippen LogP contribution is 2.45. The minimum absolute atomic E-state index is 0.257. The van der Waals surface area contributed by atoms with Crippen molar-refractivity contribution >= 4 is 13.8 Å². The zero-order valence-corrected chi connectivity index (χ0v) is 10.3. The van der Waals surface area contributed by atoms with Gasteiger partial charge in [0.2, 0.25) is 0 Å². The van der Waals surface area contributed by atoms with Gasteiger partial charge in [0.15, 0.2) is 0 Å². The van der Waals surface area contributed by atoms with E-state index in [1.165, 1.54) is 22.0 Å². The van der Waals surface area contributed by atoms with Crippen LogP contribution < -0.4 is 0 Å². The minimum atomic E-state index is 0.257. The molecule has 0 fully saturated rings. The lowest BCUT2D eigenvalue weighted by Crippen LogP contribution is -2.05. The molecule has 0 radical (unpaired) electrons. The van der Waals surface area contributed by atoms with Gasteiger partial charge in [0.25, 0.3) is 0 Å². The van der Waals surface area contributed by atoms with Crippen molar-refractivity contribution in [3.8, 4) is 0 Å². The van der Waals surface area contributed by atoms with E-state index >= 15 is 0 Å². The molecule has 0 aliphatic heterocycles. The van der Waals surface area contributed by atoms with Crippen molar-refractivity contribution in [3.63, 3.8) is 0 Å². The van der Waals surface area contributed by atoms with Crippen molar-refractivity contribution < 1.29 is 0 Å². The molecule has 74 valence electrons. The maximum Gasteiger partial charge on any atom is 0.00468 e. The van der Waals surface area contributed by atoms with Crippen LogP contribution in [0.2, 0.25) is 0 Å².